The van der Waals surface area contributed by atoms with Crippen molar-refractivity contribution in [2.75, 3.05) is 5.73 Å². The van der Waals surface area contributed by atoms with Crippen LogP contribution in [0.15, 0.2) is 81.7 Å². The van der Waals surface area contributed by atoms with Crippen LogP contribution >= 0.6 is 0 Å². The molecule has 0 unspecified atom stereocenters. The van der Waals surface area contributed by atoms with Crippen molar-refractivity contribution in [3.8, 4) is 11.5 Å². The molecule has 0 saturated heterocycles. The number of nitrogens with zero attached hydrogens (tertiary/aromatic N) is 1. The van der Waals surface area contributed by atoms with Crippen LogP contribution < -0.4 is 11.1 Å². The highest BCUT2D eigenvalue weighted by Crippen LogP contribution is 2.30. The highest BCUT2D eigenvalue weighted by atomic mass is 16.5. The van der Waals surface area contributed by atoms with Crippen molar-refractivity contribution in [2.24, 2.45) is 0 Å². The first-order valence-electron chi connectivity index (χ1n) is 8.86. The number of rotatable bonds is 5. The Balaban J connectivity index is 1.71. The Morgan fingerprint density at radius 2 is 1.57 bits per heavy atom. The van der Waals surface area contributed by atoms with E-state index < -0.39 is 0 Å². The Labute approximate surface area is 162 Å². The molecule has 0 spiro atoms. The Morgan fingerprint density at radius 1 is 0.964 bits per heavy atom. The molecule has 0 aliphatic carbocycles. The van der Waals surface area contributed by atoms with E-state index in [2.05, 4.69) is 10.5 Å². The fraction of sp³-hybridized carbons (Fsp3) is 0.0909. The molecule has 0 bridgehead atoms. The number of carbonyl (C=O) groups excluding carboxylic acids is 1. The van der Waals surface area contributed by atoms with Gasteiger partial charge in [0, 0.05) is 0 Å². The van der Waals surface area contributed by atoms with Gasteiger partial charge in [0.05, 0.1) is 6.04 Å². The smallest absolute Gasteiger partial charge is 0.260 e. The summed E-state index contributed by atoms with van der Waals surface area (Å²) < 4.78 is 10.7. The monoisotopic (exact) mass is 373 g/mol. The van der Waals surface area contributed by atoms with Gasteiger partial charge < -0.3 is 20.0 Å². The van der Waals surface area contributed by atoms with Crippen LogP contribution in [0.3, 0.4) is 0 Å². The largest absolute Gasteiger partial charge is 0.460 e. The summed E-state index contributed by atoms with van der Waals surface area (Å²) in [5.41, 5.74) is 8.25. The summed E-state index contributed by atoms with van der Waals surface area (Å²) in [6.07, 6.45) is 0. The highest BCUT2D eigenvalue weighted by molar-refractivity contribution is 6.03. The first kappa shape index (κ1) is 17.6. The lowest BCUT2D eigenvalue weighted by Gasteiger charge is -2.19. The molecule has 2 aromatic carbocycles. The maximum absolute atomic E-state index is 13.2. The van der Waals surface area contributed by atoms with Gasteiger partial charge in [-0.15, -0.1) is 0 Å². The van der Waals surface area contributed by atoms with E-state index in [1.54, 1.807) is 12.1 Å². The minimum atomic E-state index is -0.388. The molecular formula is C22H19N3O3. The topological polar surface area (TPSA) is 94.3 Å². The van der Waals surface area contributed by atoms with Crippen LogP contribution in [0.5, 0.6) is 0 Å². The Bertz CT molecular complexity index is 1050. The lowest BCUT2D eigenvalue weighted by molar-refractivity contribution is 0.0944. The molecule has 1 amide bonds. The summed E-state index contributed by atoms with van der Waals surface area (Å²) in [6.45, 7) is 1.81. The number of hydrogen-bond donors (Lipinski definition) is 2. The standard InChI is InChI=1S/C22H19N3O3/c1-14-12-13-17(27-14)20-18(21(23)28-25-20)22(26)24-19(15-8-4-2-5-9-15)16-10-6-3-7-11-16/h2-13,19H,23H2,1H3,(H,24,26). The lowest BCUT2D eigenvalue weighted by atomic mass is 9.98. The minimum Gasteiger partial charge on any atom is -0.460 e. The number of benzene rings is 2. The van der Waals surface area contributed by atoms with Crippen LogP contribution in [0.2, 0.25) is 0 Å². The van der Waals surface area contributed by atoms with Crippen LogP contribution in [-0.4, -0.2) is 11.1 Å². The van der Waals surface area contributed by atoms with Gasteiger partial charge in [-0.25, -0.2) is 0 Å². The summed E-state index contributed by atoms with van der Waals surface area (Å²) in [4.78, 5) is 13.2. The van der Waals surface area contributed by atoms with Gasteiger partial charge in [-0.1, -0.05) is 65.8 Å². The number of nitrogens with two attached hydrogens (primary N) is 1. The van der Waals surface area contributed by atoms with Gasteiger partial charge in [-0.2, -0.15) is 0 Å². The zero-order valence-electron chi connectivity index (χ0n) is 15.3. The van der Waals surface area contributed by atoms with Gasteiger partial charge in [-0.05, 0) is 30.2 Å². The number of carbonyl (C=O) groups is 1. The van der Waals surface area contributed by atoms with Gasteiger partial charge in [-0.3, -0.25) is 4.79 Å². The molecule has 0 aliphatic rings. The van der Waals surface area contributed by atoms with E-state index in [1.165, 1.54) is 0 Å². The summed E-state index contributed by atoms with van der Waals surface area (Å²) in [7, 11) is 0. The van der Waals surface area contributed by atoms with Gasteiger partial charge in [0.25, 0.3) is 5.91 Å². The molecular weight excluding hydrogens is 354 g/mol. The summed E-state index contributed by atoms with van der Waals surface area (Å²) in [5, 5.41) is 6.97. The molecule has 0 aliphatic heterocycles. The molecule has 0 fully saturated rings. The average Bonchev–Trinajstić information content (AvgIpc) is 3.32. The molecule has 6 heteroatoms. The van der Waals surface area contributed by atoms with Crippen molar-refractivity contribution in [3.05, 3.63) is 95.2 Å². The van der Waals surface area contributed by atoms with Crippen LogP contribution in [0.1, 0.15) is 33.3 Å². The van der Waals surface area contributed by atoms with Crippen LogP contribution in [-0.2, 0) is 0 Å². The van der Waals surface area contributed by atoms with E-state index >= 15 is 0 Å². The zero-order chi connectivity index (χ0) is 19.5. The third-order valence-corrected chi connectivity index (χ3v) is 4.46. The lowest BCUT2D eigenvalue weighted by Crippen LogP contribution is -2.30. The number of amides is 1. The zero-order valence-corrected chi connectivity index (χ0v) is 15.3. The number of nitrogen functional groups attached to an aromatic ring is 1. The molecule has 2 aromatic heterocycles. The van der Waals surface area contributed by atoms with Crippen molar-refractivity contribution in [1.29, 1.82) is 0 Å². The second-order valence-electron chi connectivity index (χ2n) is 6.41. The van der Waals surface area contributed by atoms with E-state index in [9.17, 15) is 4.79 Å². The SMILES string of the molecule is Cc1ccc(-c2noc(N)c2C(=O)NC(c2ccccc2)c2ccccc2)o1. The first-order chi connectivity index (χ1) is 13.6. The summed E-state index contributed by atoms with van der Waals surface area (Å²) in [5.74, 6) is 0.690. The third-order valence-electron chi connectivity index (χ3n) is 4.46. The van der Waals surface area contributed by atoms with Crippen molar-refractivity contribution < 1.29 is 13.7 Å². The second-order valence-corrected chi connectivity index (χ2v) is 6.41. The number of aromatic nitrogens is 1. The van der Waals surface area contributed by atoms with E-state index in [-0.39, 0.29) is 29.1 Å². The number of aryl methyl sites for hydroxylation is 1. The third kappa shape index (κ3) is 3.40. The predicted octanol–water partition coefficient (Wildman–Crippen LogP) is 4.34. The molecule has 4 aromatic rings. The van der Waals surface area contributed by atoms with E-state index in [4.69, 9.17) is 14.7 Å². The maximum Gasteiger partial charge on any atom is 0.260 e. The Morgan fingerprint density at radius 3 is 2.11 bits per heavy atom. The molecule has 0 atom stereocenters. The van der Waals surface area contributed by atoms with Gasteiger partial charge in [0.1, 0.15) is 11.3 Å². The minimum absolute atomic E-state index is 0.0542. The molecule has 2 heterocycles. The fourth-order valence-corrected chi connectivity index (χ4v) is 3.11. The first-order valence-corrected chi connectivity index (χ1v) is 8.86. The molecule has 4 rings (SSSR count). The van der Waals surface area contributed by atoms with Crippen molar-refractivity contribution >= 4 is 11.8 Å². The summed E-state index contributed by atoms with van der Waals surface area (Å²) >= 11 is 0. The fourth-order valence-electron chi connectivity index (χ4n) is 3.11. The predicted molar refractivity (Wildman–Crippen MR) is 106 cm³/mol. The quantitative estimate of drug-likeness (QED) is 0.542. The number of anilines is 1. The second kappa shape index (κ2) is 7.44. The van der Waals surface area contributed by atoms with Crippen LogP contribution in [0, 0.1) is 6.92 Å². The molecule has 6 nitrogen and oxygen atoms in total. The molecule has 140 valence electrons. The molecule has 0 saturated carbocycles. The maximum atomic E-state index is 13.2. The Kier molecular flexibility index (Phi) is 4.68. The van der Waals surface area contributed by atoms with E-state index in [0.717, 1.165) is 11.1 Å². The number of nitrogens with one attached hydrogen (secondary N) is 1. The van der Waals surface area contributed by atoms with Crippen molar-refractivity contribution in [1.82, 2.24) is 10.5 Å². The van der Waals surface area contributed by atoms with Gasteiger partial charge in [0.2, 0.25) is 5.88 Å². The molecule has 3 N–H and O–H groups in total. The van der Waals surface area contributed by atoms with Crippen molar-refractivity contribution in [2.45, 2.75) is 13.0 Å². The van der Waals surface area contributed by atoms with Crippen LogP contribution in [0.25, 0.3) is 11.5 Å². The summed E-state index contributed by atoms with van der Waals surface area (Å²) in [6, 6.07) is 22.6. The number of hydrogen-bond acceptors (Lipinski definition) is 5. The average molecular weight is 373 g/mol. The molecule has 0 radical (unpaired) electrons. The van der Waals surface area contributed by atoms with Crippen molar-refractivity contribution in [3.63, 3.8) is 0 Å². The van der Waals surface area contributed by atoms with Crippen LogP contribution in [0.4, 0.5) is 5.88 Å². The normalized spacial score (nSPS) is 10.9. The van der Waals surface area contributed by atoms with Gasteiger partial charge in [0.15, 0.2) is 11.5 Å². The van der Waals surface area contributed by atoms with E-state index in [1.807, 2.05) is 67.6 Å². The van der Waals surface area contributed by atoms with E-state index in [0.29, 0.717) is 11.5 Å². The number of furan rings is 1. The highest BCUT2D eigenvalue weighted by Gasteiger charge is 2.27. The Hall–Kier alpha value is -3.80. The molecule has 28 heavy (non-hydrogen) atoms. The van der Waals surface area contributed by atoms with Gasteiger partial charge >= 0.3 is 0 Å².